The van der Waals surface area contributed by atoms with Gasteiger partial charge in [0.1, 0.15) is 19.8 Å². The predicted molar refractivity (Wildman–Crippen MR) is 304 cm³/mol. The van der Waals surface area contributed by atoms with Gasteiger partial charge in [-0.3, -0.25) is 14.2 Å². The molecule has 0 N–H and O–H groups in total. The highest BCUT2D eigenvalue weighted by molar-refractivity contribution is 7.45. The molecule has 0 saturated heterocycles. The minimum atomic E-state index is -4.66. The summed E-state index contributed by atoms with van der Waals surface area (Å²) >= 11 is 0. The van der Waals surface area contributed by atoms with Crippen LogP contribution in [-0.4, -0.2) is 70.0 Å². The highest BCUT2D eigenvalue weighted by atomic mass is 31.2. The number of unbranched alkanes of at least 4 members (excludes halogenated alkanes) is 7. The van der Waals surface area contributed by atoms with Gasteiger partial charge in [-0.15, -0.1) is 0 Å². The number of carbonyl (C=O) groups excluding carboxylic acids is 2. The molecule has 0 aliphatic heterocycles. The lowest BCUT2D eigenvalue weighted by Crippen LogP contribution is -2.37. The van der Waals surface area contributed by atoms with Gasteiger partial charge in [0.2, 0.25) is 0 Å². The van der Waals surface area contributed by atoms with Crippen LogP contribution in [0.5, 0.6) is 0 Å². The maximum Gasteiger partial charge on any atom is 0.306 e. The molecule has 0 aliphatic carbocycles. The molecule has 72 heavy (non-hydrogen) atoms. The smallest absolute Gasteiger partial charge is 0.306 e. The molecular formula is C62H98NO8P. The van der Waals surface area contributed by atoms with E-state index >= 15 is 0 Å². The molecule has 0 amide bonds. The Morgan fingerprint density at radius 2 is 0.750 bits per heavy atom. The standard InChI is InChI=1S/C62H98NO8P/c1-6-8-10-12-14-16-18-20-22-24-25-26-27-28-29-30-31-32-33-34-35-36-37-39-41-43-45-47-49-51-53-55-62(65)71-60(59-70-72(66,67)69-57-56-63(3,4)5)58-68-61(64)54-52-50-48-46-44-42-40-38-23-21-19-17-15-13-11-9-7-2/h8-11,14-17,20-23,25-26,28-29,31-32,34-35,37,39-40,42-43,45,60H,6-7,12-13,18-19,24,27,30,33,36,38,41,44,46-59H2,1-5H3/b10-8-,11-9-,16-14-,17-15-,22-20-,23-21-,26-25-,29-28-,32-31-,35-34-,39-37-,42-40-,45-43-. The Labute approximate surface area is 439 Å². The van der Waals surface area contributed by atoms with Gasteiger partial charge in [0.25, 0.3) is 7.82 Å². The number of esters is 2. The summed E-state index contributed by atoms with van der Waals surface area (Å²) in [6, 6.07) is 0. The van der Waals surface area contributed by atoms with E-state index in [4.69, 9.17) is 18.5 Å². The zero-order valence-electron chi connectivity index (χ0n) is 45.5. The van der Waals surface area contributed by atoms with Gasteiger partial charge in [-0.25, -0.2) is 0 Å². The maximum absolute atomic E-state index is 12.8. The van der Waals surface area contributed by atoms with E-state index in [0.717, 1.165) is 128 Å². The zero-order valence-corrected chi connectivity index (χ0v) is 46.4. The van der Waals surface area contributed by atoms with E-state index in [2.05, 4.69) is 172 Å². The summed E-state index contributed by atoms with van der Waals surface area (Å²) in [5.74, 6) is -0.917. The van der Waals surface area contributed by atoms with E-state index in [-0.39, 0.29) is 26.1 Å². The fraction of sp³-hybridized carbons (Fsp3) is 0.548. The van der Waals surface area contributed by atoms with Crippen molar-refractivity contribution in [2.45, 2.75) is 174 Å². The third-order valence-corrected chi connectivity index (χ3v) is 11.5. The number of phosphoric ester groups is 1. The Kier molecular flexibility index (Phi) is 48.4. The number of nitrogens with zero attached hydrogens (tertiary/aromatic N) is 1. The lowest BCUT2D eigenvalue weighted by molar-refractivity contribution is -0.870. The maximum atomic E-state index is 12.8. The molecule has 0 rings (SSSR count). The van der Waals surface area contributed by atoms with Crippen LogP contribution in [0.25, 0.3) is 0 Å². The van der Waals surface area contributed by atoms with E-state index in [9.17, 15) is 19.0 Å². The van der Waals surface area contributed by atoms with E-state index in [0.29, 0.717) is 23.9 Å². The van der Waals surface area contributed by atoms with Crippen molar-refractivity contribution in [1.82, 2.24) is 0 Å². The quantitative estimate of drug-likeness (QED) is 0.0195. The van der Waals surface area contributed by atoms with E-state index in [1.54, 1.807) is 0 Å². The molecule has 0 aromatic heterocycles. The van der Waals surface area contributed by atoms with Crippen LogP contribution in [0.4, 0.5) is 0 Å². The van der Waals surface area contributed by atoms with Crippen molar-refractivity contribution >= 4 is 19.8 Å². The lowest BCUT2D eigenvalue weighted by Gasteiger charge is -2.28. The van der Waals surface area contributed by atoms with Gasteiger partial charge >= 0.3 is 11.9 Å². The molecule has 10 heteroatoms. The molecule has 0 heterocycles. The van der Waals surface area contributed by atoms with Crippen molar-refractivity contribution in [2.75, 3.05) is 47.5 Å². The Hall–Kier alpha value is -4.37. The summed E-state index contributed by atoms with van der Waals surface area (Å²) in [6.45, 7) is 3.90. The van der Waals surface area contributed by atoms with E-state index in [1.807, 2.05) is 21.1 Å². The number of hydrogen-bond acceptors (Lipinski definition) is 8. The van der Waals surface area contributed by atoms with Gasteiger partial charge in [-0.1, -0.05) is 191 Å². The highest BCUT2D eigenvalue weighted by Crippen LogP contribution is 2.38. The van der Waals surface area contributed by atoms with E-state index in [1.165, 1.54) is 0 Å². The minimum Gasteiger partial charge on any atom is -0.756 e. The third-order valence-electron chi connectivity index (χ3n) is 10.5. The normalized spacial score (nSPS) is 14.6. The fourth-order valence-corrected chi connectivity index (χ4v) is 7.13. The Morgan fingerprint density at radius 3 is 1.11 bits per heavy atom. The monoisotopic (exact) mass is 1020 g/mol. The van der Waals surface area contributed by atoms with Crippen LogP contribution in [0.15, 0.2) is 158 Å². The van der Waals surface area contributed by atoms with Gasteiger partial charge < -0.3 is 27.9 Å². The lowest BCUT2D eigenvalue weighted by atomic mass is 10.1. The van der Waals surface area contributed by atoms with Gasteiger partial charge in [0.05, 0.1) is 27.7 Å². The number of likely N-dealkylation sites (N-methyl/N-ethyl adjacent to an activating group) is 1. The SMILES string of the molecule is CC/C=C\C/C=C\C/C=C\C/C=C\C/C=C\C/C=C\C/C=C\C/C=C\C/C=C\CCCCCC(=O)OC(COC(=O)CCCCCC/C=C\C/C=C\C/C=C\C/C=C\CC)COP(=O)([O-])OCC[N+](C)(C)C. The Bertz CT molecular complexity index is 1770. The number of phosphoric acid groups is 1. The van der Waals surface area contributed by atoms with Crippen LogP contribution >= 0.6 is 7.82 Å². The first-order chi connectivity index (χ1) is 35.0. The van der Waals surface area contributed by atoms with Gasteiger partial charge in [0, 0.05) is 12.8 Å². The van der Waals surface area contributed by atoms with Crippen molar-refractivity contribution in [3.63, 3.8) is 0 Å². The average molecular weight is 1020 g/mol. The van der Waals surface area contributed by atoms with Gasteiger partial charge in [-0.2, -0.15) is 0 Å². The molecule has 0 aromatic rings. The molecule has 404 valence electrons. The molecule has 0 radical (unpaired) electrons. The van der Waals surface area contributed by atoms with Crippen LogP contribution in [0.2, 0.25) is 0 Å². The van der Waals surface area contributed by atoms with Crippen molar-refractivity contribution in [2.24, 2.45) is 0 Å². The van der Waals surface area contributed by atoms with Crippen LogP contribution in [0.3, 0.4) is 0 Å². The second-order valence-electron chi connectivity index (χ2n) is 18.5. The molecule has 2 unspecified atom stereocenters. The van der Waals surface area contributed by atoms with Crippen molar-refractivity contribution in [3.05, 3.63) is 158 Å². The number of carbonyl (C=O) groups is 2. The summed E-state index contributed by atoms with van der Waals surface area (Å²) in [5.41, 5.74) is 0. The predicted octanol–water partition coefficient (Wildman–Crippen LogP) is 16.3. The van der Waals surface area contributed by atoms with E-state index < -0.39 is 32.5 Å². The zero-order chi connectivity index (χ0) is 52.7. The number of rotatable bonds is 47. The molecule has 0 bridgehead atoms. The van der Waals surface area contributed by atoms with Crippen molar-refractivity contribution in [3.8, 4) is 0 Å². The number of allylic oxidation sites excluding steroid dienone is 26. The highest BCUT2D eigenvalue weighted by Gasteiger charge is 2.21. The topological polar surface area (TPSA) is 111 Å². The number of ether oxygens (including phenoxy) is 2. The second kappa shape index (κ2) is 51.5. The number of quaternary nitrogens is 1. The molecule has 0 spiro atoms. The third kappa shape index (κ3) is 55.0. The van der Waals surface area contributed by atoms with Crippen molar-refractivity contribution in [1.29, 1.82) is 0 Å². The van der Waals surface area contributed by atoms with Crippen LogP contribution in [-0.2, 0) is 32.7 Å². The van der Waals surface area contributed by atoms with Crippen LogP contribution < -0.4 is 4.89 Å². The Balaban J connectivity index is 4.36. The molecule has 0 aliphatic rings. The van der Waals surface area contributed by atoms with Gasteiger partial charge in [0.15, 0.2) is 6.10 Å². The molecule has 2 atom stereocenters. The summed E-state index contributed by atoms with van der Waals surface area (Å²) in [7, 11) is 1.10. The largest absolute Gasteiger partial charge is 0.756 e. The van der Waals surface area contributed by atoms with Gasteiger partial charge in [-0.05, 0) is 122 Å². The first-order valence-corrected chi connectivity index (χ1v) is 28.7. The fourth-order valence-electron chi connectivity index (χ4n) is 6.40. The number of hydrogen-bond donors (Lipinski definition) is 0. The average Bonchev–Trinajstić information content (AvgIpc) is 3.34. The first-order valence-electron chi connectivity index (χ1n) is 27.2. The molecule has 0 fully saturated rings. The molecule has 0 saturated carbocycles. The molecule has 0 aromatic carbocycles. The minimum absolute atomic E-state index is 0.0521. The second-order valence-corrected chi connectivity index (χ2v) is 19.9. The summed E-state index contributed by atoms with van der Waals surface area (Å²) < 4.78 is 34.0. The van der Waals surface area contributed by atoms with Crippen LogP contribution in [0, 0.1) is 0 Å². The first kappa shape index (κ1) is 67.6. The molecular weight excluding hydrogens is 918 g/mol. The van der Waals surface area contributed by atoms with Crippen molar-refractivity contribution < 1.29 is 42.1 Å². The summed E-state index contributed by atoms with van der Waals surface area (Å²) in [4.78, 5) is 37.8. The Morgan fingerprint density at radius 1 is 0.431 bits per heavy atom. The summed E-state index contributed by atoms with van der Waals surface area (Å²) in [6.07, 6.45) is 77.1. The molecule has 9 nitrogen and oxygen atoms in total. The van der Waals surface area contributed by atoms with Crippen LogP contribution in [0.1, 0.15) is 168 Å². The summed E-state index contributed by atoms with van der Waals surface area (Å²) in [5, 5.41) is 0.